The molecule has 4 nitrogen and oxygen atoms in total. The summed E-state index contributed by atoms with van der Waals surface area (Å²) in [5, 5.41) is 8.25. The molecule has 0 amide bonds. The zero-order valence-corrected chi connectivity index (χ0v) is 4.71. The van der Waals surface area contributed by atoms with Crippen molar-refractivity contribution in [3.8, 4) is 0 Å². The van der Waals surface area contributed by atoms with Crippen molar-refractivity contribution in [1.29, 1.82) is 0 Å². The summed E-state index contributed by atoms with van der Waals surface area (Å²) in [6, 6.07) is 0. The van der Waals surface area contributed by atoms with E-state index in [0.717, 1.165) is 14.2 Å². The molecule has 8 heavy (non-hydrogen) atoms. The lowest BCUT2D eigenvalue weighted by Gasteiger charge is -1.79. The molecule has 0 aromatic rings. The maximum atomic E-state index is 9.59. The largest absolute Gasteiger partial charge is 0.857 e. The summed E-state index contributed by atoms with van der Waals surface area (Å²) in [7, 11) is 1.90. The first kappa shape index (κ1) is 10.2. The highest BCUT2D eigenvalue weighted by Crippen LogP contribution is 1.58. The zero-order chi connectivity index (χ0) is 6.99. The molecule has 48 valence electrons. The minimum atomic E-state index is -0.838. The predicted octanol–water partition coefficient (Wildman–Crippen LogP) is -1.67. The molecule has 0 saturated heterocycles. The molecule has 0 spiro atoms. The molecule has 0 aromatic heterocycles. The Bertz CT molecular complexity index is 68.4. The van der Waals surface area contributed by atoms with E-state index in [1.165, 1.54) is 0 Å². The van der Waals surface area contributed by atoms with Gasteiger partial charge in [0.15, 0.2) is 0 Å². The number of methoxy groups -OCH3 is 1. The third kappa shape index (κ3) is 8.92. The number of hydrogen-bond acceptors (Lipinski definition) is 4. The monoisotopic (exact) mass is 119 g/mol. The average molecular weight is 119 g/mol. The molecule has 4 heteroatoms. The van der Waals surface area contributed by atoms with Gasteiger partial charge >= 0.3 is 5.97 Å². The highest BCUT2D eigenvalue weighted by molar-refractivity contribution is 6.20. The van der Waals surface area contributed by atoms with E-state index in [-0.39, 0.29) is 6.29 Å². The normalized spacial score (nSPS) is 5.88. The van der Waals surface area contributed by atoms with E-state index in [1.54, 1.807) is 0 Å². The van der Waals surface area contributed by atoms with Crippen molar-refractivity contribution in [3.05, 3.63) is 0 Å². The fourth-order valence-corrected chi connectivity index (χ4v) is 0.0481. The smallest absolute Gasteiger partial charge is 0.371 e. The Morgan fingerprint density at radius 2 is 2.00 bits per heavy atom. The van der Waals surface area contributed by atoms with E-state index in [9.17, 15) is 9.59 Å². The van der Waals surface area contributed by atoms with E-state index < -0.39 is 5.97 Å². The van der Waals surface area contributed by atoms with Crippen molar-refractivity contribution >= 4 is 12.3 Å². The Labute approximate surface area is 47.1 Å². The van der Waals surface area contributed by atoms with Crippen LogP contribution in [0.3, 0.4) is 0 Å². The molecule has 0 N–H and O–H groups in total. The lowest BCUT2D eigenvalue weighted by molar-refractivity contribution is -0.325. The molecule has 0 rings (SSSR count). The van der Waals surface area contributed by atoms with Crippen molar-refractivity contribution < 1.29 is 19.4 Å². The predicted molar refractivity (Wildman–Crippen MR) is 24.0 cm³/mol. The van der Waals surface area contributed by atoms with Gasteiger partial charge in [0.05, 0.1) is 7.11 Å². The van der Waals surface area contributed by atoms with Gasteiger partial charge < -0.3 is 9.84 Å². The van der Waals surface area contributed by atoms with Gasteiger partial charge in [-0.15, -0.1) is 0 Å². The first-order valence-electron chi connectivity index (χ1n) is 1.75. The Morgan fingerprint density at radius 3 is 2.00 bits per heavy atom. The molecule has 0 aliphatic heterocycles. The lowest BCUT2D eigenvalue weighted by atomic mass is 10.8. The quantitative estimate of drug-likeness (QED) is 0.235. The molecular formula is C4H7O4-. The Hall–Kier alpha value is -0.900. The van der Waals surface area contributed by atoms with Gasteiger partial charge in [0.25, 0.3) is 0 Å². The molecular weight excluding hydrogens is 112 g/mol. The van der Waals surface area contributed by atoms with E-state index >= 15 is 0 Å². The van der Waals surface area contributed by atoms with Crippen molar-refractivity contribution in [2.45, 2.75) is 0 Å². The maximum Gasteiger partial charge on any atom is 0.371 e. The number of aldehydes is 1. The average Bonchev–Trinajstić information content (AvgIpc) is 1.91. The molecule has 0 unspecified atom stereocenters. The van der Waals surface area contributed by atoms with Gasteiger partial charge in [0, 0.05) is 0 Å². The summed E-state index contributed by atoms with van der Waals surface area (Å²) in [6.07, 6.45) is 0.111. The maximum absolute atomic E-state index is 9.59. The third-order valence-corrected chi connectivity index (χ3v) is 0.297. The number of ether oxygens (including phenoxy) is 1. The Balaban J connectivity index is 0. The molecule has 0 fully saturated rings. The second-order valence-corrected chi connectivity index (χ2v) is 0.641. The van der Waals surface area contributed by atoms with Crippen molar-refractivity contribution in [3.63, 3.8) is 0 Å². The van der Waals surface area contributed by atoms with Gasteiger partial charge in [-0.05, 0) is 0 Å². The topological polar surface area (TPSA) is 66.4 Å². The van der Waals surface area contributed by atoms with E-state index in [2.05, 4.69) is 4.74 Å². The van der Waals surface area contributed by atoms with Crippen LogP contribution in [0.1, 0.15) is 0 Å². The van der Waals surface area contributed by atoms with Crippen LogP contribution in [0.2, 0.25) is 0 Å². The fourth-order valence-electron chi connectivity index (χ4n) is 0.0481. The van der Waals surface area contributed by atoms with Crippen LogP contribution in [0.15, 0.2) is 0 Å². The molecule has 0 saturated carbocycles. The first-order chi connectivity index (χ1) is 3.81. The van der Waals surface area contributed by atoms with Gasteiger partial charge in [0.2, 0.25) is 6.29 Å². The molecule has 0 bridgehead atoms. The number of rotatable bonds is 1. The molecule has 0 aliphatic rings. The molecule has 0 radical (unpaired) electrons. The highest BCUT2D eigenvalue weighted by Gasteiger charge is 1.88. The summed E-state index contributed by atoms with van der Waals surface area (Å²) in [5.41, 5.74) is 0. The standard InChI is InChI=1S/C3H4O3.CH3O/c1-6-3(5)2-4;1-2/h2H,1H3;1H3/q;-1. The van der Waals surface area contributed by atoms with Gasteiger partial charge in [0.1, 0.15) is 0 Å². The molecule has 0 atom stereocenters. The van der Waals surface area contributed by atoms with Gasteiger partial charge in [-0.3, -0.25) is 4.79 Å². The third-order valence-electron chi connectivity index (χ3n) is 0.297. The van der Waals surface area contributed by atoms with Crippen LogP contribution in [0.5, 0.6) is 0 Å². The lowest BCUT2D eigenvalue weighted by Crippen LogP contribution is -1.98. The van der Waals surface area contributed by atoms with Crippen LogP contribution in [0.4, 0.5) is 0 Å². The first-order valence-corrected chi connectivity index (χ1v) is 1.75. The van der Waals surface area contributed by atoms with Crippen LogP contribution in [0, 0.1) is 0 Å². The zero-order valence-electron chi connectivity index (χ0n) is 4.71. The highest BCUT2D eigenvalue weighted by atomic mass is 16.5. The van der Waals surface area contributed by atoms with Gasteiger partial charge in [-0.2, -0.15) is 7.11 Å². The summed E-state index contributed by atoms with van der Waals surface area (Å²) >= 11 is 0. The van der Waals surface area contributed by atoms with Crippen molar-refractivity contribution in [2.75, 3.05) is 14.2 Å². The van der Waals surface area contributed by atoms with Crippen LogP contribution in [-0.4, -0.2) is 26.5 Å². The Morgan fingerprint density at radius 1 is 1.62 bits per heavy atom. The summed E-state index contributed by atoms with van der Waals surface area (Å²) in [6.45, 7) is 0. The summed E-state index contributed by atoms with van der Waals surface area (Å²) in [5.74, 6) is -0.838. The second kappa shape index (κ2) is 9.44. The van der Waals surface area contributed by atoms with E-state index in [4.69, 9.17) is 5.11 Å². The minimum absolute atomic E-state index is 0.111. The number of carbonyl (C=O) groups is 2. The van der Waals surface area contributed by atoms with Gasteiger partial charge in [-0.25, -0.2) is 4.79 Å². The van der Waals surface area contributed by atoms with Gasteiger partial charge in [-0.1, -0.05) is 0 Å². The van der Waals surface area contributed by atoms with Crippen molar-refractivity contribution in [2.24, 2.45) is 0 Å². The molecule has 0 aromatic carbocycles. The van der Waals surface area contributed by atoms with E-state index in [1.807, 2.05) is 0 Å². The van der Waals surface area contributed by atoms with Crippen molar-refractivity contribution in [1.82, 2.24) is 0 Å². The molecule has 0 aliphatic carbocycles. The SMILES string of the molecule is COC(=O)C=O.C[O-]. The van der Waals surface area contributed by atoms with Crippen LogP contribution >= 0.6 is 0 Å². The number of carbonyl (C=O) groups excluding carboxylic acids is 2. The van der Waals surface area contributed by atoms with E-state index in [0.29, 0.717) is 0 Å². The minimum Gasteiger partial charge on any atom is -0.857 e. The fraction of sp³-hybridized carbons (Fsp3) is 0.500. The summed E-state index contributed by atoms with van der Waals surface area (Å²) in [4.78, 5) is 18.9. The van der Waals surface area contributed by atoms with Crippen LogP contribution < -0.4 is 5.11 Å². The summed E-state index contributed by atoms with van der Waals surface area (Å²) < 4.78 is 3.89. The Kier molecular flexibility index (Phi) is 12.0. The molecule has 0 heterocycles. The number of esters is 1. The number of hydrogen-bond donors (Lipinski definition) is 0. The van der Waals surface area contributed by atoms with Crippen LogP contribution in [-0.2, 0) is 14.3 Å². The second-order valence-electron chi connectivity index (χ2n) is 0.641. The van der Waals surface area contributed by atoms with Crippen LogP contribution in [0.25, 0.3) is 0 Å².